The van der Waals surface area contributed by atoms with E-state index in [0.717, 1.165) is 5.56 Å². The summed E-state index contributed by atoms with van der Waals surface area (Å²) >= 11 is 0. The summed E-state index contributed by atoms with van der Waals surface area (Å²) in [6, 6.07) is 7.63. The van der Waals surface area contributed by atoms with Crippen LogP contribution in [0.3, 0.4) is 0 Å². The van der Waals surface area contributed by atoms with Crippen LogP contribution >= 0.6 is 0 Å². The van der Waals surface area contributed by atoms with Gasteiger partial charge in [0.15, 0.2) is 6.10 Å². The Kier molecular flexibility index (Phi) is 5.01. The number of carbonyl (C=O) groups excluding carboxylic acids is 1. The highest BCUT2D eigenvalue weighted by Gasteiger charge is 2.20. The van der Waals surface area contributed by atoms with Gasteiger partial charge < -0.3 is 9.47 Å². The molecule has 1 unspecified atom stereocenters. The maximum atomic E-state index is 11.7. The second kappa shape index (κ2) is 6.28. The highest BCUT2D eigenvalue weighted by Crippen LogP contribution is 2.15. The first-order chi connectivity index (χ1) is 8.02. The molecule has 0 heterocycles. The van der Waals surface area contributed by atoms with E-state index in [0.29, 0.717) is 12.2 Å². The lowest BCUT2D eigenvalue weighted by Gasteiger charge is -2.18. The molecule has 1 aromatic carbocycles. The number of carbonyl (C=O) groups is 1. The SMILES string of the molecule is CCC(Oc1ccc(C)cc1)C(=O)OC(C)C. The number of aryl methyl sites for hydroxylation is 1. The van der Waals surface area contributed by atoms with Crippen LogP contribution in [0.1, 0.15) is 32.8 Å². The molecule has 0 amide bonds. The molecule has 0 aliphatic rings. The molecule has 1 rings (SSSR count). The van der Waals surface area contributed by atoms with E-state index in [1.807, 2.05) is 52.0 Å². The molecule has 94 valence electrons. The van der Waals surface area contributed by atoms with Gasteiger partial charge in [0.25, 0.3) is 0 Å². The summed E-state index contributed by atoms with van der Waals surface area (Å²) in [5.41, 5.74) is 1.16. The van der Waals surface area contributed by atoms with Crippen LogP contribution in [0, 0.1) is 6.92 Å². The summed E-state index contributed by atoms with van der Waals surface area (Å²) in [4.78, 5) is 11.7. The van der Waals surface area contributed by atoms with Crippen molar-refractivity contribution in [2.45, 2.75) is 46.3 Å². The maximum Gasteiger partial charge on any atom is 0.347 e. The van der Waals surface area contributed by atoms with Gasteiger partial charge in [0.2, 0.25) is 0 Å². The predicted molar refractivity (Wildman–Crippen MR) is 67.1 cm³/mol. The minimum atomic E-state index is -0.528. The maximum absolute atomic E-state index is 11.7. The van der Waals surface area contributed by atoms with Gasteiger partial charge in [-0.1, -0.05) is 24.6 Å². The molecule has 0 saturated heterocycles. The molecule has 0 N–H and O–H groups in total. The van der Waals surface area contributed by atoms with Crippen LogP contribution in [0.4, 0.5) is 0 Å². The smallest absolute Gasteiger partial charge is 0.347 e. The van der Waals surface area contributed by atoms with Gasteiger partial charge in [-0.05, 0) is 39.3 Å². The van der Waals surface area contributed by atoms with Crippen molar-refractivity contribution in [3.05, 3.63) is 29.8 Å². The van der Waals surface area contributed by atoms with Crippen molar-refractivity contribution in [3.63, 3.8) is 0 Å². The summed E-state index contributed by atoms with van der Waals surface area (Å²) in [7, 11) is 0. The van der Waals surface area contributed by atoms with Crippen molar-refractivity contribution in [2.75, 3.05) is 0 Å². The van der Waals surface area contributed by atoms with Gasteiger partial charge in [0.05, 0.1) is 6.10 Å². The number of hydrogen-bond donors (Lipinski definition) is 0. The highest BCUT2D eigenvalue weighted by atomic mass is 16.6. The Labute approximate surface area is 103 Å². The molecule has 0 aliphatic heterocycles. The van der Waals surface area contributed by atoms with Gasteiger partial charge in [-0.25, -0.2) is 4.79 Å². The molecule has 0 radical (unpaired) electrons. The first-order valence-corrected chi connectivity index (χ1v) is 5.96. The summed E-state index contributed by atoms with van der Waals surface area (Å²) in [5, 5.41) is 0. The van der Waals surface area contributed by atoms with Crippen molar-refractivity contribution in [3.8, 4) is 5.75 Å². The lowest BCUT2D eigenvalue weighted by molar-refractivity contribution is -0.155. The average molecular weight is 236 g/mol. The molecule has 0 bridgehead atoms. The molecule has 17 heavy (non-hydrogen) atoms. The Morgan fingerprint density at radius 1 is 1.24 bits per heavy atom. The number of ether oxygens (including phenoxy) is 2. The molecule has 3 heteroatoms. The third-order valence-electron chi connectivity index (χ3n) is 2.28. The Balaban J connectivity index is 2.63. The van der Waals surface area contributed by atoms with E-state index in [4.69, 9.17) is 9.47 Å². The topological polar surface area (TPSA) is 35.5 Å². The largest absolute Gasteiger partial charge is 0.479 e. The van der Waals surface area contributed by atoms with Crippen molar-refractivity contribution < 1.29 is 14.3 Å². The van der Waals surface area contributed by atoms with Crippen molar-refractivity contribution >= 4 is 5.97 Å². The molecule has 0 saturated carbocycles. The van der Waals surface area contributed by atoms with Crippen LogP contribution in [0.5, 0.6) is 5.75 Å². The van der Waals surface area contributed by atoms with E-state index in [9.17, 15) is 4.79 Å². The standard InChI is InChI=1S/C14H20O3/c1-5-13(14(15)16-10(2)3)17-12-8-6-11(4)7-9-12/h6-10,13H,5H2,1-4H3. The molecule has 0 aromatic heterocycles. The fourth-order valence-corrected chi connectivity index (χ4v) is 1.39. The quantitative estimate of drug-likeness (QED) is 0.737. The van der Waals surface area contributed by atoms with Crippen LogP contribution in [-0.2, 0) is 9.53 Å². The number of benzene rings is 1. The van der Waals surface area contributed by atoms with Crippen molar-refractivity contribution in [1.82, 2.24) is 0 Å². The Bertz CT molecular complexity index is 354. The van der Waals surface area contributed by atoms with E-state index < -0.39 is 6.10 Å². The Hall–Kier alpha value is -1.51. The third-order valence-corrected chi connectivity index (χ3v) is 2.28. The van der Waals surface area contributed by atoms with Crippen LogP contribution in [-0.4, -0.2) is 18.2 Å². The zero-order valence-electron chi connectivity index (χ0n) is 10.9. The van der Waals surface area contributed by atoms with Gasteiger partial charge in [-0.2, -0.15) is 0 Å². The molecular formula is C14H20O3. The van der Waals surface area contributed by atoms with Gasteiger partial charge in [0.1, 0.15) is 5.75 Å². The number of esters is 1. The highest BCUT2D eigenvalue weighted by molar-refractivity contribution is 5.75. The molecule has 1 aromatic rings. The van der Waals surface area contributed by atoms with Crippen LogP contribution in [0.25, 0.3) is 0 Å². The minimum Gasteiger partial charge on any atom is -0.479 e. The van der Waals surface area contributed by atoms with Crippen molar-refractivity contribution in [1.29, 1.82) is 0 Å². The number of hydrogen-bond acceptors (Lipinski definition) is 3. The molecule has 0 spiro atoms. The molecule has 3 nitrogen and oxygen atoms in total. The van der Waals surface area contributed by atoms with Crippen LogP contribution in [0.2, 0.25) is 0 Å². The van der Waals surface area contributed by atoms with Gasteiger partial charge in [-0.15, -0.1) is 0 Å². The minimum absolute atomic E-state index is 0.113. The first-order valence-electron chi connectivity index (χ1n) is 5.96. The lowest BCUT2D eigenvalue weighted by Crippen LogP contribution is -2.30. The summed E-state index contributed by atoms with van der Waals surface area (Å²) < 4.78 is 10.7. The summed E-state index contributed by atoms with van der Waals surface area (Å²) in [6.45, 7) is 7.57. The zero-order chi connectivity index (χ0) is 12.8. The van der Waals surface area contributed by atoms with Crippen molar-refractivity contribution in [2.24, 2.45) is 0 Å². The van der Waals surface area contributed by atoms with Crippen LogP contribution < -0.4 is 4.74 Å². The zero-order valence-corrected chi connectivity index (χ0v) is 10.9. The monoisotopic (exact) mass is 236 g/mol. The fraction of sp³-hybridized carbons (Fsp3) is 0.500. The second-order valence-corrected chi connectivity index (χ2v) is 4.31. The summed E-state index contributed by atoms with van der Waals surface area (Å²) in [5.74, 6) is 0.395. The van der Waals surface area contributed by atoms with E-state index in [1.54, 1.807) is 0 Å². The van der Waals surface area contributed by atoms with Gasteiger partial charge >= 0.3 is 5.97 Å². The van der Waals surface area contributed by atoms with E-state index in [-0.39, 0.29) is 12.1 Å². The van der Waals surface area contributed by atoms with E-state index in [2.05, 4.69) is 0 Å². The van der Waals surface area contributed by atoms with E-state index in [1.165, 1.54) is 0 Å². The molecular weight excluding hydrogens is 216 g/mol. The molecule has 1 atom stereocenters. The Morgan fingerprint density at radius 3 is 2.29 bits per heavy atom. The molecule has 0 aliphatic carbocycles. The first kappa shape index (κ1) is 13.6. The van der Waals surface area contributed by atoms with Gasteiger partial charge in [0, 0.05) is 0 Å². The second-order valence-electron chi connectivity index (χ2n) is 4.31. The summed E-state index contributed by atoms with van der Waals surface area (Å²) in [6.07, 6.45) is -0.0438. The average Bonchev–Trinajstić information content (AvgIpc) is 2.27. The Morgan fingerprint density at radius 2 is 1.82 bits per heavy atom. The van der Waals surface area contributed by atoms with E-state index >= 15 is 0 Å². The molecule has 0 fully saturated rings. The normalized spacial score (nSPS) is 12.3. The van der Waals surface area contributed by atoms with Crippen LogP contribution in [0.15, 0.2) is 24.3 Å². The third kappa shape index (κ3) is 4.47. The lowest BCUT2D eigenvalue weighted by atomic mass is 10.2. The predicted octanol–water partition coefficient (Wildman–Crippen LogP) is 3.10. The number of rotatable bonds is 5. The van der Waals surface area contributed by atoms with Gasteiger partial charge in [-0.3, -0.25) is 0 Å². The fourth-order valence-electron chi connectivity index (χ4n) is 1.39.